The highest BCUT2D eigenvalue weighted by atomic mass is 79.9. The van der Waals surface area contributed by atoms with E-state index in [4.69, 9.17) is 5.26 Å². The van der Waals surface area contributed by atoms with Crippen LogP contribution in [0.1, 0.15) is 11.1 Å². The van der Waals surface area contributed by atoms with Crippen LogP contribution in [0.15, 0.2) is 22.0 Å². The summed E-state index contributed by atoms with van der Waals surface area (Å²) in [5.74, 6) is 0. The first-order valence-electron chi connectivity index (χ1n) is 4.26. The minimum Gasteiger partial charge on any atom is -0.198 e. The van der Waals surface area contributed by atoms with Gasteiger partial charge in [-0.1, -0.05) is 0 Å². The molecule has 1 aromatic heterocycles. The molecule has 1 nitrogen and oxygen atoms in total. The highest BCUT2D eigenvalue weighted by Gasteiger charge is 2.07. The van der Waals surface area contributed by atoms with Crippen molar-refractivity contribution in [2.75, 3.05) is 0 Å². The molecule has 3 heteroatoms. The number of hydrogen-bond acceptors (Lipinski definition) is 2. The van der Waals surface area contributed by atoms with Gasteiger partial charge in [0.05, 0.1) is 12.5 Å². The van der Waals surface area contributed by atoms with Crippen LogP contribution in [-0.2, 0) is 6.42 Å². The quantitative estimate of drug-likeness (QED) is 0.764. The van der Waals surface area contributed by atoms with Crippen molar-refractivity contribution in [3.05, 3.63) is 33.1 Å². The van der Waals surface area contributed by atoms with E-state index in [0.29, 0.717) is 6.42 Å². The van der Waals surface area contributed by atoms with Gasteiger partial charge in [-0.2, -0.15) is 5.26 Å². The number of aryl methyl sites for hydroxylation is 1. The molecular weight excluding hydrogens is 258 g/mol. The maximum absolute atomic E-state index is 8.70. The molecule has 0 spiro atoms. The predicted octanol–water partition coefficient (Wildman–Crippen LogP) is 4.04. The van der Waals surface area contributed by atoms with Gasteiger partial charge in [0.1, 0.15) is 0 Å². The van der Waals surface area contributed by atoms with Crippen LogP contribution in [0, 0.1) is 18.3 Å². The van der Waals surface area contributed by atoms with E-state index < -0.39 is 0 Å². The number of benzene rings is 1. The molecule has 0 aliphatic rings. The van der Waals surface area contributed by atoms with Crippen LogP contribution in [0.4, 0.5) is 0 Å². The number of nitriles is 1. The molecule has 70 valence electrons. The molecule has 1 heterocycles. The van der Waals surface area contributed by atoms with Crippen molar-refractivity contribution in [1.82, 2.24) is 0 Å². The third kappa shape index (κ3) is 1.45. The maximum atomic E-state index is 8.70. The number of hydrogen-bond donors (Lipinski definition) is 0. The molecule has 0 atom stereocenters. The minimum atomic E-state index is 0.482. The topological polar surface area (TPSA) is 23.8 Å². The molecule has 0 saturated heterocycles. The zero-order valence-electron chi connectivity index (χ0n) is 7.67. The second-order valence-electron chi connectivity index (χ2n) is 3.14. The molecule has 0 saturated carbocycles. The van der Waals surface area contributed by atoms with Crippen LogP contribution in [-0.4, -0.2) is 0 Å². The van der Waals surface area contributed by atoms with Gasteiger partial charge >= 0.3 is 0 Å². The predicted molar refractivity (Wildman–Crippen MR) is 63.6 cm³/mol. The Bertz CT molecular complexity index is 522. The molecule has 0 aliphatic carbocycles. The summed E-state index contributed by atoms with van der Waals surface area (Å²) in [6, 6.07) is 6.36. The van der Waals surface area contributed by atoms with E-state index in [0.717, 1.165) is 10.0 Å². The SMILES string of the molecule is Cc1c(CC#N)cc(Br)c2sccc12. The normalized spacial score (nSPS) is 10.4. The Morgan fingerprint density at radius 3 is 3.07 bits per heavy atom. The van der Waals surface area contributed by atoms with E-state index >= 15 is 0 Å². The third-order valence-corrected chi connectivity index (χ3v) is 4.17. The highest BCUT2D eigenvalue weighted by Crippen LogP contribution is 2.33. The van der Waals surface area contributed by atoms with Crippen LogP contribution < -0.4 is 0 Å². The standard InChI is InChI=1S/C11H8BrNS/c1-7-8(2-4-13)6-10(12)11-9(7)3-5-14-11/h3,5-6H,2H2,1H3. The minimum absolute atomic E-state index is 0.482. The van der Waals surface area contributed by atoms with E-state index in [1.807, 2.05) is 0 Å². The highest BCUT2D eigenvalue weighted by molar-refractivity contribution is 9.10. The molecular formula is C11H8BrNS. The Balaban J connectivity index is 2.76. The summed E-state index contributed by atoms with van der Waals surface area (Å²) < 4.78 is 2.36. The van der Waals surface area contributed by atoms with E-state index in [1.165, 1.54) is 15.6 Å². The molecule has 2 rings (SSSR count). The van der Waals surface area contributed by atoms with Gasteiger partial charge in [0.25, 0.3) is 0 Å². The Labute approximate surface area is 95.1 Å². The van der Waals surface area contributed by atoms with Crippen molar-refractivity contribution in [1.29, 1.82) is 5.26 Å². The molecule has 1 aromatic carbocycles. The van der Waals surface area contributed by atoms with Crippen LogP contribution >= 0.6 is 27.3 Å². The molecule has 0 unspecified atom stereocenters. The summed E-state index contributed by atoms with van der Waals surface area (Å²) in [4.78, 5) is 0. The van der Waals surface area contributed by atoms with Crippen molar-refractivity contribution in [3.63, 3.8) is 0 Å². The molecule has 0 fully saturated rings. The van der Waals surface area contributed by atoms with Crippen LogP contribution in [0.2, 0.25) is 0 Å². The lowest BCUT2D eigenvalue weighted by Crippen LogP contribution is -1.88. The zero-order chi connectivity index (χ0) is 10.1. The summed E-state index contributed by atoms with van der Waals surface area (Å²) in [5.41, 5.74) is 2.34. The van der Waals surface area contributed by atoms with Gasteiger partial charge in [-0.25, -0.2) is 0 Å². The summed E-state index contributed by atoms with van der Waals surface area (Å²) >= 11 is 5.26. The van der Waals surface area contributed by atoms with E-state index in [1.54, 1.807) is 11.3 Å². The Kier molecular flexibility index (Phi) is 2.58. The molecule has 0 aliphatic heterocycles. The molecule has 0 radical (unpaired) electrons. The summed E-state index contributed by atoms with van der Waals surface area (Å²) in [7, 11) is 0. The Hall–Kier alpha value is -0.850. The molecule has 0 bridgehead atoms. The van der Waals surface area contributed by atoms with Gasteiger partial charge in [-0.05, 0) is 56.9 Å². The van der Waals surface area contributed by atoms with Gasteiger partial charge in [0.15, 0.2) is 0 Å². The fourth-order valence-corrected chi connectivity index (χ4v) is 3.19. The van der Waals surface area contributed by atoms with E-state index in [2.05, 4.69) is 46.4 Å². The molecule has 14 heavy (non-hydrogen) atoms. The lowest BCUT2D eigenvalue weighted by atomic mass is 10.0. The summed E-state index contributed by atoms with van der Waals surface area (Å²) in [6.07, 6.45) is 0.482. The second-order valence-corrected chi connectivity index (χ2v) is 4.91. The van der Waals surface area contributed by atoms with Crippen LogP contribution in [0.5, 0.6) is 0 Å². The fourth-order valence-electron chi connectivity index (χ4n) is 1.56. The largest absolute Gasteiger partial charge is 0.198 e. The monoisotopic (exact) mass is 265 g/mol. The van der Waals surface area contributed by atoms with E-state index in [9.17, 15) is 0 Å². The number of nitrogens with zero attached hydrogens (tertiary/aromatic N) is 1. The first-order chi connectivity index (χ1) is 6.74. The summed E-state index contributed by atoms with van der Waals surface area (Å²) in [5, 5.41) is 12.0. The lowest BCUT2D eigenvalue weighted by molar-refractivity contribution is 1.23. The third-order valence-electron chi connectivity index (χ3n) is 2.34. The van der Waals surface area contributed by atoms with Gasteiger partial charge in [-0.3, -0.25) is 0 Å². The average Bonchev–Trinajstić information content (AvgIpc) is 2.63. The van der Waals surface area contributed by atoms with Crippen LogP contribution in [0.3, 0.4) is 0 Å². The van der Waals surface area contributed by atoms with Crippen molar-refractivity contribution in [3.8, 4) is 6.07 Å². The average molecular weight is 266 g/mol. The zero-order valence-corrected chi connectivity index (χ0v) is 10.1. The van der Waals surface area contributed by atoms with Gasteiger partial charge in [0.2, 0.25) is 0 Å². The van der Waals surface area contributed by atoms with Crippen molar-refractivity contribution in [2.45, 2.75) is 13.3 Å². The maximum Gasteiger partial charge on any atom is 0.0669 e. The van der Waals surface area contributed by atoms with Gasteiger partial charge < -0.3 is 0 Å². The fraction of sp³-hybridized carbons (Fsp3) is 0.182. The lowest BCUT2D eigenvalue weighted by Gasteiger charge is -2.04. The number of fused-ring (bicyclic) bond motifs is 1. The Morgan fingerprint density at radius 2 is 2.36 bits per heavy atom. The number of halogens is 1. The van der Waals surface area contributed by atoms with Crippen molar-refractivity contribution >= 4 is 37.4 Å². The Morgan fingerprint density at radius 1 is 1.57 bits per heavy atom. The van der Waals surface area contributed by atoms with Gasteiger partial charge in [0, 0.05) is 9.17 Å². The van der Waals surface area contributed by atoms with Crippen molar-refractivity contribution in [2.24, 2.45) is 0 Å². The smallest absolute Gasteiger partial charge is 0.0669 e. The first-order valence-corrected chi connectivity index (χ1v) is 5.93. The molecule has 0 N–H and O–H groups in total. The number of rotatable bonds is 1. The van der Waals surface area contributed by atoms with E-state index in [-0.39, 0.29) is 0 Å². The first kappa shape index (κ1) is 9.70. The number of thiophene rings is 1. The van der Waals surface area contributed by atoms with Gasteiger partial charge in [-0.15, -0.1) is 11.3 Å². The molecule has 0 amide bonds. The van der Waals surface area contributed by atoms with Crippen LogP contribution in [0.25, 0.3) is 10.1 Å². The second kappa shape index (κ2) is 3.72. The summed E-state index contributed by atoms with van der Waals surface area (Å²) in [6.45, 7) is 2.08. The van der Waals surface area contributed by atoms with Crippen molar-refractivity contribution < 1.29 is 0 Å². The molecule has 2 aromatic rings.